The van der Waals surface area contributed by atoms with Gasteiger partial charge in [-0.25, -0.2) is 0 Å². The van der Waals surface area contributed by atoms with Gasteiger partial charge in [-0.15, -0.1) is 0 Å². The second-order valence-corrected chi connectivity index (χ2v) is 6.00. The van der Waals surface area contributed by atoms with E-state index in [4.69, 9.17) is 4.18 Å². The quantitative estimate of drug-likeness (QED) is 0.261. The molecule has 0 bridgehead atoms. The van der Waals surface area contributed by atoms with Crippen LogP contribution in [0.4, 0.5) is 5.69 Å². The molecule has 0 heterocycles. The summed E-state index contributed by atoms with van der Waals surface area (Å²) in [5.41, 5.74) is 2.08. The van der Waals surface area contributed by atoms with Crippen molar-refractivity contribution in [1.29, 1.82) is 0 Å². The van der Waals surface area contributed by atoms with Gasteiger partial charge in [0.1, 0.15) is 0 Å². The number of aryl methyl sites for hydroxylation is 1. The number of unbranched alkanes of at least 4 members (excludes halogenated alkanes) is 2. The molecule has 2 aromatic rings. The van der Waals surface area contributed by atoms with E-state index in [0.717, 1.165) is 36.8 Å². The molecule has 5 heteroatoms. The van der Waals surface area contributed by atoms with Crippen LogP contribution in [0.1, 0.15) is 37.3 Å². The van der Waals surface area contributed by atoms with E-state index in [0.29, 0.717) is 11.5 Å². The van der Waals surface area contributed by atoms with E-state index < -0.39 is 0 Å². The number of hydrogen-bond acceptors (Lipinski definition) is 4. The molecule has 0 amide bonds. The fourth-order valence-corrected chi connectivity index (χ4v) is 3.00. The van der Waals surface area contributed by atoms with Crippen LogP contribution in [0.5, 0.6) is 5.75 Å². The molecule has 2 aromatic carbocycles. The van der Waals surface area contributed by atoms with Crippen LogP contribution < -0.4 is 4.18 Å². The van der Waals surface area contributed by atoms with Crippen LogP contribution in [0, 0.1) is 10.1 Å². The van der Waals surface area contributed by atoms with Crippen LogP contribution in [0.25, 0.3) is 0 Å². The molecule has 23 heavy (non-hydrogen) atoms. The fraction of sp³-hybridized carbons (Fsp3) is 0.333. The molecule has 0 saturated heterocycles. The van der Waals surface area contributed by atoms with Crippen molar-refractivity contribution in [2.24, 2.45) is 0 Å². The Hall–Kier alpha value is -2.01. The monoisotopic (exact) mass is 331 g/mol. The summed E-state index contributed by atoms with van der Waals surface area (Å²) in [6.07, 6.45) is 4.04. The zero-order valence-corrected chi connectivity index (χ0v) is 14.1. The van der Waals surface area contributed by atoms with Gasteiger partial charge in [-0.3, -0.25) is 10.1 Å². The third kappa shape index (κ3) is 5.28. The number of nitrogens with zero attached hydrogens (tertiary/aromatic N) is 1. The van der Waals surface area contributed by atoms with Gasteiger partial charge in [0.05, 0.1) is 22.7 Å². The maximum absolute atomic E-state index is 11.3. The fourth-order valence-electron chi connectivity index (χ4n) is 2.30. The first-order valence-corrected chi connectivity index (χ1v) is 8.73. The van der Waals surface area contributed by atoms with Crippen molar-refractivity contribution >= 4 is 17.7 Å². The Kier molecular flexibility index (Phi) is 6.94. The van der Waals surface area contributed by atoms with Gasteiger partial charge in [0, 0.05) is 11.6 Å². The van der Waals surface area contributed by atoms with Crippen molar-refractivity contribution in [2.75, 3.05) is 0 Å². The maximum atomic E-state index is 11.3. The van der Waals surface area contributed by atoms with Gasteiger partial charge in [-0.2, -0.15) is 0 Å². The summed E-state index contributed by atoms with van der Waals surface area (Å²) in [5, 5.41) is 11.3. The normalized spacial score (nSPS) is 10.5. The van der Waals surface area contributed by atoms with Gasteiger partial charge in [0.25, 0.3) is 0 Å². The molecule has 0 aliphatic carbocycles. The van der Waals surface area contributed by atoms with E-state index in [1.54, 1.807) is 6.07 Å². The van der Waals surface area contributed by atoms with Crippen molar-refractivity contribution in [1.82, 2.24) is 0 Å². The van der Waals surface area contributed by atoms with Crippen molar-refractivity contribution in [2.45, 2.75) is 38.4 Å². The number of benzene rings is 2. The third-order valence-corrected chi connectivity index (χ3v) is 4.27. The Balaban J connectivity index is 2.08. The lowest BCUT2D eigenvalue weighted by Crippen LogP contribution is -1.98. The van der Waals surface area contributed by atoms with Crippen LogP contribution in [0.3, 0.4) is 0 Å². The largest absolute Gasteiger partial charge is 0.418 e. The summed E-state index contributed by atoms with van der Waals surface area (Å²) in [5.74, 6) is 1.05. The van der Waals surface area contributed by atoms with E-state index in [1.807, 2.05) is 36.4 Å². The minimum Gasteiger partial charge on any atom is -0.418 e. The SMILES string of the molecule is CCCCCc1cccc([N+](=O)[O-])c1OSCc1ccccc1. The first-order valence-electron chi connectivity index (χ1n) is 7.82. The van der Waals surface area contributed by atoms with Gasteiger partial charge < -0.3 is 4.18 Å². The van der Waals surface area contributed by atoms with Crippen LogP contribution in [0.15, 0.2) is 48.5 Å². The topological polar surface area (TPSA) is 52.4 Å². The number of nitro groups is 1. The molecule has 4 nitrogen and oxygen atoms in total. The van der Waals surface area contributed by atoms with Gasteiger partial charge in [-0.1, -0.05) is 62.2 Å². The van der Waals surface area contributed by atoms with Crippen LogP contribution in [0.2, 0.25) is 0 Å². The highest BCUT2D eigenvalue weighted by atomic mass is 32.2. The molecule has 0 atom stereocenters. The Morgan fingerprint density at radius 1 is 1.09 bits per heavy atom. The van der Waals surface area contributed by atoms with Crippen molar-refractivity contribution in [3.63, 3.8) is 0 Å². The van der Waals surface area contributed by atoms with Crippen molar-refractivity contribution in [3.8, 4) is 5.75 Å². The number of hydrogen-bond donors (Lipinski definition) is 0. The lowest BCUT2D eigenvalue weighted by atomic mass is 10.1. The molecule has 122 valence electrons. The maximum Gasteiger partial charge on any atom is 0.312 e. The summed E-state index contributed by atoms with van der Waals surface area (Å²) in [6, 6.07) is 15.1. The van der Waals surface area contributed by atoms with Crippen LogP contribution in [-0.4, -0.2) is 4.92 Å². The molecular formula is C18H21NO3S. The Bertz CT molecular complexity index is 631. The summed E-state index contributed by atoms with van der Waals surface area (Å²) in [7, 11) is 0. The number of rotatable bonds is 9. The van der Waals surface area contributed by atoms with Crippen molar-refractivity contribution in [3.05, 3.63) is 69.8 Å². The molecule has 0 aromatic heterocycles. The molecule has 0 aliphatic heterocycles. The minimum absolute atomic E-state index is 0.0413. The molecule has 0 fully saturated rings. The van der Waals surface area contributed by atoms with E-state index >= 15 is 0 Å². The zero-order chi connectivity index (χ0) is 16.5. The molecule has 0 N–H and O–H groups in total. The Morgan fingerprint density at radius 2 is 1.87 bits per heavy atom. The Morgan fingerprint density at radius 3 is 2.57 bits per heavy atom. The molecule has 0 aliphatic rings. The van der Waals surface area contributed by atoms with E-state index in [2.05, 4.69) is 6.92 Å². The van der Waals surface area contributed by atoms with E-state index in [1.165, 1.54) is 18.1 Å². The zero-order valence-electron chi connectivity index (χ0n) is 13.2. The first kappa shape index (κ1) is 17.3. The summed E-state index contributed by atoms with van der Waals surface area (Å²) >= 11 is 1.24. The van der Waals surface area contributed by atoms with E-state index in [9.17, 15) is 10.1 Å². The highest BCUT2D eigenvalue weighted by Crippen LogP contribution is 2.35. The number of nitro benzene ring substituents is 1. The summed E-state index contributed by atoms with van der Waals surface area (Å²) in [4.78, 5) is 10.9. The standard InChI is InChI=1S/C18H21NO3S/c1-2-3-5-11-16-12-8-13-17(19(20)21)18(16)22-23-14-15-9-6-4-7-10-15/h4,6-10,12-13H,2-3,5,11,14H2,1H3. The Labute approximate surface area is 141 Å². The third-order valence-electron chi connectivity index (χ3n) is 3.53. The lowest BCUT2D eigenvalue weighted by Gasteiger charge is -2.10. The predicted molar refractivity (Wildman–Crippen MR) is 94.7 cm³/mol. The molecule has 0 spiro atoms. The van der Waals surface area contributed by atoms with Gasteiger partial charge in [0.15, 0.2) is 0 Å². The molecule has 0 unspecified atom stereocenters. The van der Waals surface area contributed by atoms with Gasteiger partial charge in [0.2, 0.25) is 5.75 Å². The average Bonchev–Trinajstić information content (AvgIpc) is 2.57. The van der Waals surface area contributed by atoms with Crippen LogP contribution >= 0.6 is 12.0 Å². The summed E-state index contributed by atoms with van der Waals surface area (Å²) in [6.45, 7) is 2.14. The van der Waals surface area contributed by atoms with Gasteiger partial charge >= 0.3 is 5.69 Å². The molecule has 2 rings (SSSR count). The first-order chi connectivity index (χ1) is 11.2. The number of para-hydroxylation sites is 1. The second kappa shape index (κ2) is 9.20. The highest BCUT2D eigenvalue weighted by Gasteiger charge is 2.19. The molecular weight excluding hydrogens is 310 g/mol. The predicted octanol–water partition coefficient (Wildman–Crippen LogP) is 5.55. The average molecular weight is 331 g/mol. The molecule has 0 radical (unpaired) electrons. The van der Waals surface area contributed by atoms with Gasteiger partial charge in [-0.05, 0) is 18.4 Å². The smallest absolute Gasteiger partial charge is 0.312 e. The summed E-state index contributed by atoms with van der Waals surface area (Å²) < 4.78 is 5.74. The van der Waals surface area contributed by atoms with Crippen LogP contribution in [-0.2, 0) is 12.2 Å². The highest BCUT2D eigenvalue weighted by molar-refractivity contribution is 7.94. The minimum atomic E-state index is -0.373. The van der Waals surface area contributed by atoms with Crippen molar-refractivity contribution < 1.29 is 9.11 Å². The lowest BCUT2D eigenvalue weighted by molar-refractivity contribution is -0.385. The van der Waals surface area contributed by atoms with E-state index in [-0.39, 0.29) is 10.6 Å². The second-order valence-electron chi connectivity index (χ2n) is 5.31. The molecule has 0 saturated carbocycles.